The van der Waals surface area contributed by atoms with Gasteiger partial charge in [0, 0.05) is 22.4 Å². The van der Waals surface area contributed by atoms with Crippen LogP contribution in [0.1, 0.15) is 0 Å². The molecule has 0 atom stereocenters. The Bertz CT molecular complexity index is 2270. The third-order valence-electron chi connectivity index (χ3n) is 8.38. The van der Waals surface area contributed by atoms with E-state index in [1.54, 1.807) is 0 Å². The summed E-state index contributed by atoms with van der Waals surface area (Å²) < 4.78 is 14.8. The molecule has 0 bridgehead atoms. The maximum atomic E-state index is 14.8. The first-order chi connectivity index (χ1) is 20.7. The molecule has 0 aliphatic rings. The van der Waals surface area contributed by atoms with E-state index < -0.39 is 7.14 Å². The molecule has 1 heterocycles. The third kappa shape index (κ3) is 3.80. The molecular weight excluding hydrogens is 529 g/mol. The van der Waals surface area contributed by atoms with Crippen LogP contribution >= 0.6 is 7.14 Å². The van der Waals surface area contributed by atoms with E-state index in [0.717, 1.165) is 21.7 Å². The maximum Gasteiger partial charge on any atom is 0.188 e. The van der Waals surface area contributed by atoms with Crippen molar-refractivity contribution in [2.75, 3.05) is 0 Å². The van der Waals surface area contributed by atoms with Crippen molar-refractivity contribution in [3.63, 3.8) is 0 Å². The van der Waals surface area contributed by atoms with Crippen molar-refractivity contribution < 1.29 is 4.57 Å². The highest BCUT2D eigenvalue weighted by molar-refractivity contribution is 7.85. The SMILES string of the molecule is O=P(c1ccccc1)(c1ccccc1)c1ccc(-c2cc3c(ccc4c5ccccc5ccc43)c3ccccc23)cn1. The Morgan fingerprint density at radius 3 is 1.60 bits per heavy atom. The van der Waals surface area contributed by atoms with Crippen LogP contribution < -0.4 is 16.0 Å². The van der Waals surface area contributed by atoms with Gasteiger partial charge in [-0.15, -0.1) is 0 Å². The maximum absolute atomic E-state index is 14.8. The topological polar surface area (TPSA) is 30.0 Å². The number of rotatable bonds is 4. The highest BCUT2D eigenvalue weighted by Crippen LogP contribution is 2.43. The first-order valence-electron chi connectivity index (χ1n) is 14.2. The number of hydrogen-bond donors (Lipinski definition) is 0. The smallest absolute Gasteiger partial charge is 0.188 e. The molecule has 0 fully saturated rings. The molecule has 1 aromatic heterocycles. The van der Waals surface area contributed by atoms with E-state index in [1.807, 2.05) is 72.9 Å². The molecule has 3 heteroatoms. The van der Waals surface area contributed by atoms with Gasteiger partial charge in [-0.2, -0.15) is 0 Å². The van der Waals surface area contributed by atoms with Crippen LogP contribution in [-0.4, -0.2) is 4.98 Å². The fraction of sp³-hybridized carbons (Fsp3) is 0. The Labute approximate surface area is 244 Å². The fourth-order valence-corrected chi connectivity index (χ4v) is 8.85. The van der Waals surface area contributed by atoms with E-state index in [2.05, 4.69) is 84.9 Å². The zero-order valence-corrected chi connectivity index (χ0v) is 23.7. The molecule has 0 amide bonds. The standard InChI is InChI=1S/C39H26NOP/c41-42(29-12-3-1-4-13-29,30-14-5-2-6-15-30)39-24-20-28(26-40-39)37-25-38-35-21-19-27-11-7-8-16-31(27)34(35)22-23-36(38)32-17-9-10-18-33(32)37/h1-26H. The molecule has 8 rings (SSSR count). The Hall–Kier alpha value is -5.04. The van der Waals surface area contributed by atoms with Crippen LogP contribution in [0.15, 0.2) is 158 Å². The summed E-state index contributed by atoms with van der Waals surface area (Å²) in [5.74, 6) is 0. The summed E-state index contributed by atoms with van der Waals surface area (Å²) in [5, 5.41) is 11.4. The second-order valence-electron chi connectivity index (χ2n) is 10.7. The molecule has 198 valence electrons. The number of pyridine rings is 1. The highest BCUT2D eigenvalue weighted by atomic mass is 31.2. The Morgan fingerprint density at radius 2 is 0.952 bits per heavy atom. The molecule has 0 unspecified atom stereocenters. The van der Waals surface area contributed by atoms with Gasteiger partial charge in [0.1, 0.15) is 5.44 Å². The van der Waals surface area contributed by atoms with Crippen LogP contribution in [0.2, 0.25) is 0 Å². The molecule has 0 saturated carbocycles. The van der Waals surface area contributed by atoms with Crippen molar-refractivity contribution in [3.8, 4) is 11.1 Å². The number of benzene rings is 7. The monoisotopic (exact) mass is 555 g/mol. The van der Waals surface area contributed by atoms with Gasteiger partial charge in [-0.25, -0.2) is 0 Å². The van der Waals surface area contributed by atoms with Gasteiger partial charge in [0.15, 0.2) is 7.14 Å². The number of nitrogens with zero attached hydrogens (tertiary/aromatic N) is 1. The molecule has 0 spiro atoms. The lowest BCUT2D eigenvalue weighted by atomic mass is 9.90. The van der Waals surface area contributed by atoms with Crippen molar-refractivity contribution in [1.82, 2.24) is 4.98 Å². The van der Waals surface area contributed by atoms with E-state index in [-0.39, 0.29) is 0 Å². The van der Waals surface area contributed by atoms with Gasteiger partial charge in [-0.1, -0.05) is 140 Å². The van der Waals surface area contributed by atoms with E-state index in [0.29, 0.717) is 5.44 Å². The first kappa shape index (κ1) is 24.7. The van der Waals surface area contributed by atoms with Gasteiger partial charge in [-0.3, -0.25) is 4.98 Å². The van der Waals surface area contributed by atoms with E-state index in [9.17, 15) is 4.57 Å². The van der Waals surface area contributed by atoms with E-state index in [4.69, 9.17) is 4.98 Å². The summed E-state index contributed by atoms with van der Waals surface area (Å²) in [6, 6.07) is 51.9. The zero-order chi connectivity index (χ0) is 28.1. The second-order valence-corrected chi connectivity index (χ2v) is 13.4. The molecule has 0 radical (unpaired) electrons. The minimum Gasteiger partial charge on any atom is -0.307 e. The summed E-state index contributed by atoms with van der Waals surface area (Å²) in [5.41, 5.74) is 2.71. The van der Waals surface area contributed by atoms with Gasteiger partial charge in [0.05, 0.1) is 0 Å². The van der Waals surface area contributed by atoms with Gasteiger partial charge in [-0.05, 0) is 60.8 Å². The number of hydrogen-bond acceptors (Lipinski definition) is 2. The zero-order valence-electron chi connectivity index (χ0n) is 22.8. The van der Waals surface area contributed by atoms with Crippen LogP contribution in [0.4, 0.5) is 0 Å². The Balaban J connectivity index is 1.35. The molecule has 2 nitrogen and oxygen atoms in total. The average Bonchev–Trinajstić information content (AvgIpc) is 3.08. The highest BCUT2D eigenvalue weighted by Gasteiger charge is 2.31. The minimum atomic E-state index is -3.14. The predicted molar refractivity (Wildman–Crippen MR) is 179 cm³/mol. The van der Waals surface area contributed by atoms with Gasteiger partial charge >= 0.3 is 0 Å². The van der Waals surface area contributed by atoms with Crippen molar-refractivity contribution in [1.29, 1.82) is 0 Å². The summed E-state index contributed by atoms with van der Waals surface area (Å²) in [6.07, 6.45) is 1.89. The van der Waals surface area contributed by atoms with E-state index in [1.165, 1.54) is 43.1 Å². The summed E-state index contributed by atoms with van der Waals surface area (Å²) in [6.45, 7) is 0. The van der Waals surface area contributed by atoms with Crippen LogP contribution in [0.3, 0.4) is 0 Å². The largest absolute Gasteiger partial charge is 0.307 e. The quantitative estimate of drug-likeness (QED) is 0.160. The molecule has 42 heavy (non-hydrogen) atoms. The summed E-state index contributed by atoms with van der Waals surface area (Å²) in [4.78, 5) is 4.91. The number of fused-ring (bicyclic) bond motifs is 7. The van der Waals surface area contributed by atoms with Crippen LogP contribution in [0.5, 0.6) is 0 Å². The first-order valence-corrected chi connectivity index (χ1v) is 15.9. The molecule has 0 aliphatic heterocycles. The van der Waals surface area contributed by atoms with Crippen molar-refractivity contribution in [3.05, 3.63) is 158 Å². The molecule has 0 aliphatic carbocycles. The van der Waals surface area contributed by atoms with Crippen molar-refractivity contribution in [2.45, 2.75) is 0 Å². The van der Waals surface area contributed by atoms with Crippen LogP contribution in [-0.2, 0) is 4.57 Å². The van der Waals surface area contributed by atoms with Gasteiger partial charge in [0.2, 0.25) is 0 Å². The second kappa shape index (κ2) is 9.80. The van der Waals surface area contributed by atoms with Crippen LogP contribution in [0.25, 0.3) is 54.2 Å². The Morgan fingerprint density at radius 1 is 0.429 bits per heavy atom. The van der Waals surface area contributed by atoms with Crippen LogP contribution in [0, 0.1) is 0 Å². The van der Waals surface area contributed by atoms with Gasteiger partial charge < -0.3 is 4.57 Å². The molecule has 7 aromatic carbocycles. The van der Waals surface area contributed by atoms with Gasteiger partial charge in [0.25, 0.3) is 0 Å². The average molecular weight is 556 g/mol. The lowest BCUT2D eigenvalue weighted by Crippen LogP contribution is -2.26. The Kier molecular flexibility index (Phi) is 5.77. The third-order valence-corrected chi connectivity index (χ3v) is 11.3. The summed E-state index contributed by atoms with van der Waals surface area (Å²) in [7, 11) is -3.14. The molecule has 8 aromatic rings. The minimum absolute atomic E-state index is 0.589. The summed E-state index contributed by atoms with van der Waals surface area (Å²) >= 11 is 0. The molecule has 0 saturated heterocycles. The normalized spacial score (nSPS) is 11.9. The van der Waals surface area contributed by atoms with Crippen molar-refractivity contribution >= 4 is 66.3 Å². The lowest BCUT2D eigenvalue weighted by Gasteiger charge is -2.19. The van der Waals surface area contributed by atoms with E-state index >= 15 is 0 Å². The molecule has 0 N–H and O–H groups in total. The predicted octanol–water partition coefficient (Wildman–Crippen LogP) is 9.00. The lowest BCUT2D eigenvalue weighted by molar-refractivity contribution is 0.592. The van der Waals surface area contributed by atoms with Crippen molar-refractivity contribution in [2.24, 2.45) is 0 Å². The fourth-order valence-electron chi connectivity index (χ4n) is 6.34. The number of aromatic nitrogens is 1. The molecular formula is C39H26NOP.